The van der Waals surface area contributed by atoms with E-state index < -0.39 is 0 Å². The third-order valence-corrected chi connectivity index (χ3v) is 4.77. The molecule has 6 heteroatoms. The maximum Gasteiger partial charge on any atom is 0.156 e. The summed E-state index contributed by atoms with van der Waals surface area (Å²) in [6.45, 7) is 5.05. The predicted molar refractivity (Wildman–Crippen MR) is 95.4 cm³/mol. The van der Waals surface area contributed by atoms with Crippen molar-refractivity contribution in [2.45, 2.75) is 32.2 Å². The third-order valence-electron chi connectivity index (χ3n) is 4.77. The van der Waals surface area contributed by atoms with Gasteiger partial charge in [-0.3, -0.25) is 19.4 Å². The summed E-state index contributed by atoms with van der Waals surface area (Å²) in [7, 11) is 0. The van der Waals surface area contributed by atoms with Crippen molar-refractivity contribution >= 4 is 0 Å². The van der Waals surface area contributed by atoms with E-state index in [1.165, 1.54) is 12.0 Å². The van der Waals surface area contributed by atoms with Gasteiger partial charge in [-0.25, -0.2) is 9.97 Å². The average Bonchev–Trinajstić information content (AvgIpc) is 3.09. The Balaban J connectivity index is 1.51. The van der Waals surface area contributed by atoms with Crippen LogP contribution in [0.5, 0.6) is 0 Å². The molecule has 0 spiro atoms. The molecule has 4 heterocycles. The van der Waals surface area contributed by atoms with Gasteiger partial charge in [0.15, 0.2) is 5.82 Å². The number of imidazole rings is 1. The van der Waals surface area contributed by atoms with E-state index in [1.807, 2.05) is 42.3 Å². The fraction of sp³-hybridized carbons (Fsp3) is 0.368. The number of hydrogen-bond donors (Lipinski definition) is 0. The van der Waals surface area contributed by atoms with Crippen molar-refractivity contribution in [1.29, 1.82) is 0 Å². The van der Waals surface area contributed by atoms with Crippen molar-refractivity contribution in [2.75, 3.05) is 13.1 Å². The van der Waals surface area contributed by atoms with Crippen LogP contribution < -0.4 is 0 Å². The zero-order valence-corrected chi connectivity index (χ0v) is 14.4. The number of aryl methyl sites for hydroxylation is 1. The van der Waals surface area contributed by atoms with Gasteiger partial charge in [-0.05, 0) is 37.9 Å². The van der Waals surface area contributed by atoms with Crippen LogP contribution in [0.3, 0.4) is 0 Å². The molecule has 1 fully saturated rings. The van der Waals surface area contributed by atoms with Gasteiger partial charge in [0.2, 0.25) is 0 Å². The lowest BCUT2D eigenvalue weighted by atomic mass is 9.94. The maximum atomic E-state index is 4.86. The molecule has 4 rings (SSSR count). The molecule has 1 aliphatic rings. The molecular formula is C19H22N6. The summed E-state index contributed by atoms with van der Waals surface area (Å²) in [6.07, 6.45) is 13.5. The molecule has 128 valence electrons. The Labute approximate surface area is 147 Å². The second-order valence-electron chi connectivity index (χ2n) is 6.58. The van der Waals surface area contributed by atoms with E-state index in [4.69, 9.17) is 4.98 Å². The summed E-state index contributed by atoms with van der Waals surface area (Å²) in [5.41, 5.74) is 2.33. The number of pyridine rings is 1. The summed E-state index contributed by atoms with van der Waals surface area (Å²) >= 11 is 0. The van der Waals surface area contributed by atoms with E-state index in [9.17, 15) is 0 Å². The molecular weight excluding hydrogens is 312 g/mol. The van der Waals surface area contributed by atoms with Crippen LogP contribution in [-0.2, 0) is 6.54 Å². The lowest BCUT2D eigenvalue weighted by Gasteiger charge is -2.32. The molecule has 3 aromatic rings. The molecule has 0 amide bonds. The lowest BCUT2D eigenvalue weighted by Crippen LogP contribution is -2.34. The Kier molecular flexibility index (Phi) is 4.52. The number of likely N-dealkylation sites (tertiary alicyclic amines) is 1. The van der Waals surface area contributed by atoms with Gasteiger partial charge < -0.3 is 0 Å². The minimum Gasteiger partial charge on any atom is -0.298 e. The van der Waals surface area contributed by atoms with Crippen LogP contribution in [0.25, 0.3) is 5.82 Å². The highest BCUT2D eigenvalue weighted by Crippen LogP contribution is 2.26. The number of hydrogen-bond acceptors (Lipinski definition) is 5. The molecule has 0 aromatic carbocycles. The third kappa shape index (κ3) is 3.58. The number of nitrogens with zero attached hydrogens (tertiary/aromatic N) is 6. The molecule has 0 aliphatic carbocycles. The molecule has 0 saturated carbocycles. The first-order valence-corrected chi connectivity index (χ1v) is 8.73. The van der Waals surface area contributed by atoms with Crippen molar-refractivity contribution < 1.29 is 0 Å². The summed E-state index contributed by atoms with van der Waals surface area (Å²) < 4.78 is 1.98. The van der Waals surface area contributed by atoms with Crippen LogP contribution in [0.4, 0.5) is 0 Å². The van der Waals surface area contributed by atoms with Gasteiger partial charge in [0.05, 0.1) is 11.9 Å². The highest BCUT2D eigenvalue weighted by molar-refractivity contribution is 5.24. The first-order chi connectivity index (χ1) is 12.3. The van der Waals surface area contributed by atoms with E-state index in [2.05, 4.69) is 25.9 Å². The minimum atomic E-state index is 0.418. The van der Waals surface area contributed by atoms with Gasteiger partial charge in [-0.2, -0.15) is 0 Å². The zero-order valence-electron chi connectivity index (χ0n) is 14.4. The Hall–Kier alpha value is -2.60. The van der Waals surface area contributed by atoms with Crippen molar-refractivity contribution in [2.24, 2.45) is 0 Å². The lowest BCUT2D eigenvalue weighted by molar-refractivity contribution is 0.198. The van der Waals surface area contributed by atoms with Crippen LogP contribution in [-0.4, -0.2) is 42.5 Å². The molecule has 1 saturated heterocycles. The first-order valence-electron chi connectivity index (χ1n) is 8.73. The fourth-order valence-electron chi connectivity index (χ4n) is 3.49. The highest BCUT2D eigenvalue weighted by Gasteiger charge is 2.23. The molecule has 1 aliphatic heterocycles. The molecule has 0 radical (unpaired) electrons. The van der Waals surface area contributed by atoms with Gasteiger partial charge in [-0.1, -0.05) is 6.07 Å². The van der Waals surface area contributed by atoms with E-state index in [1.54, 1.807) is 12.4 Å². The van der Waals surface area contributed by atoms with E-state index in [-0.39, 0.29) is 0 Å². The van der Waals surface area contributed by atoms with Crippen molar-refractivity contribution in [3.05, 3.63) is 66.4 Å². The quantitative estimate of drug-likeness (QED) is 0.734. The second-order valence-corrected chi connectivity index (χ2v) is 6.58. The predicted octanol–water partition coefficient (Wildman–Crippen LogP) is 2.75. The number of rotatable bonds is 4. The average molecular weight is 334 g/mol. The van der Waals surface area contributed by atoms with Gasteiger partial charge >= 0.3 is 0 Å². The minimum absolute atomic E-state index is 0.418. The van der Waals surface area contributed by atoms with E-state index >= 15 is 0 Å². The molecule has 6 nitrogen and oxygen atoms in total. The van der Waals surface area contributed by atoms with Crippen LogP contribution >= 0.6 is 0 Å². The zero-order chi connectivity index (χ0) is 17.1. The second kappa shape index (κ2) is 7.11. The molecule has 0 N–H and O–H groups in total. The molecule has 0 unspecified atom stereocenters. The van der Waals surface area contributed by atoms with Gasteiger partial charge in [0.1, 0.15) is 5.82 Å². The molecule has 3 aromatic heterocycles. The fourth-order valence-corrected chi connectivity index (χ4v) is 3.49. The maximum absolute atomic E-state index is 4.86. The molecule has 25 heavy (non-hydrogen) atoms. The van der Waals surface area contributed by atoms with Gasteiger partial charge in [0.25, 0.3) is 0 Å². The summed E-state index contributed by atoms with van der Waals surface area (Å²) in [4.78, 5) is 20.3. The first kappa shape index (κ1) is 15.9. The van der Waals surface area contributed by atoms with Crippen LogP contribution in [0.15, 0.2) is 49.3 Å². The Morgan fingerprint density at radius 2 is 2.12 bits per heavy atom. The topological polar surface area (TPSA) is 59.7 Å². The van der Waals surface area contributed by atoms with Gasteiger partial charge in [-0.15, -0.1) is 0 Å². The number of piperidine rings is 1. The Morgan fingerprint density at radius 1 is 1.16 bits per heavy atom. The summed E-state index contributed by atoms with van der Waals surface area (Å²) in [6, 6.07) is 4.14. The van der Waals surface area contributed by atoms with Crippen molar-refractivity contribution in [1.82, 2.24) is 29.4 Å². The van der Waals surface area contributed by atoms with Crippen LogP contribution in [0.2, 0.25) is 0 Å². The summed E-state index contributed by atoms with van der Waals surface area (Å²) in [5.74, 6) is 2.19. The van der Waals surface area contributed by atoms with E-state index in [0.717, 1.165) is 43.4 Å². The Morgan fingerprint density at radius 3 is 2.92 bits per heavy atom. The standard InChI is InChI=1S/C19H22N6/c1-15-22-7-9-25(15)19-12-21-11-18(23-19)17-5-3-8-24(14-17)13-16-4-2-6-20-10-16/h2,4,6-7,9-12,17H,3,5,8,13-14H2,1H3/t17-/m0/s1. The number of aromatic nitrogens is 5. The molecule has 0 bridgehead atoms. The monoisotopic (exact) mass is 334 g/mol. The van der Waals surface area contributed by atoms with Crippen LogP contribution in [0.1, 0.15) is 35.8 Å². The SMILES string of the molecule is Cc1nccn1-c1cncc([C@H]2CCCN(Cc3cccnc3)C2)n1. The Bertz CT molecular complexity index is 829. The highest BCUT2D eigenvalue weighted by atomic mass is 15.1. The van der Waals surface area contributed by atoms with Gasteiger partial charge in [0, 0.05) is 50.0 Å². The van der Waals surface area contributed by atoms with E-state index in [0.29, 0.717) is 5.92 Å². The molecule has 1 atom stereocenters. The smallest absolute Gasteiger partial charge is 0.156 e. The normalized spacial score (nSPS) is 18.4. The summed E-state index contributed by atoms with van der Waals surface area (Å²) in [5, 5.41) is 0. The van der Waals surface area contributed by atoms with Crippen molar-refractivity contribution in [3.8, 4) is 5.82 Å². The largest absolute Gasteiger partial charge is 0.298 e. The van der Waals surface area contributed by atoms with Crippen LogP contribution in [0, 0.1) is 6.92 Å². The van der Waals surface area contributed by atoms with Crippen molar-refractivity contribution in [3.63, 3.8) is 0 Å².